The third-order valence-corrected chi connectivity index (χ3v) is 5.16. The Hall–Kier alpha value is -3.66. The Labute approximate surface area is 186 Å². The largest absolute Gasteiger partial charge is 0.459 e. The van der Waals surface area contributed by atoms with Gasteiger partial charge in [-0.1, -0.05) is 12.1 Å². The summed E-state index contributed by atoms with van der Waals surface area (Å²) in [5.41, 5.74) is 1.77. The number of aliphatic imine (C=N–C) groups is 1. The maximum atomic E-state index is 12.1. The Morgan fingerprint density at radius 2 is 2.16 bits per heavy atom. The van der Waals surface area contributed by atoms with E-state index in [-0.39, 0.29) is 17.7 Å². The summed E-state index contributed by atoms with van der Waals surface area (Å²) in [7, 11) is 3.40. The minimum Gasteiger partial charge on any atom is -0.459 e. The molecule has 10 nitrogen and oxygen atoms in total. The minimum atomic E-state index is -0.275. The topological polar surface area (TPSA) is 119 Å². The molecule has 0 spiro atoms. The monoisotopic (exact) mass is 437 g/mol. The smallest absolute Gasteiger partial charge is 0.291 e. The van der Waals surface area contributed by atoms with Crippen LogP contribution < -0.4 is 16.0 Å². The lowest BCUT2D eigenvalue weighted by molar-refractivity contribution is 0.0996. The van der Waals surface area contributed by atoms with Crippen molar-refractivity contribution in [2.75, 3.05) is 19.5 Å². The molecule has 0 aliphatic carbocycles. The standard InChI is InChI=1S/C22H27N7O3/c1-23-22(26-17-9-10-20-27-19(14-31-2)28-29(20)13-17)24-12-15-5-7-16(8-6-15)25-21(30)18-4-3-11-32-18/h3-8,11,17H,9-10,12-14H2,1-2H3,(H,25,30)(H2,23,24,26). The van der Waals surface area contributed by atoms with Gasteiger partial charge >= 0.3 is 0 Å². The van der Waals surface area contributed by atoms with Gasteiger partial charge in [-0.25, -0.2) is 9.67 Å². The molecule has 4 rings (SSSR count). The van der Waals surface area contributed by atoms with Gasteiger partial charge in [0, 0.05) is 38.9 Å². The fraction of sp³-hybridized carbons (Fsp3) is 0.364. The second kappa shape index (κ2) is 10.1. The Morgan fingerprint density at radius 3 is 2.88 bits per heavy atom. The number of methoxy groups -OCH3 is 1. The molecule has 0 saturated carbocycles. The quantitative estimate of drug-likeness (QED) is 0.382. The lowest BCUT2D eigenvalue weighted by Gasteiger charge is -2.25. The predicted octanol–water partition coefficient (Wildman–Crippen LogP) is 1.95. The van der Waals surface area contributed by atoms with E-state index >= 15 is 0 Å². The van der Waals surface area contributed by atoms with Crippen LogP contribution in [0.4, 0.5) is 5.69 Å². The molecule has 3 heterocycles. The molecular weight excluding hydrogens is 410 g/mol. The van der Waals surface area contributed by atoms with Crippen LogP contribution in [0.25, 0.3) is 0 Å². The molecule has 1 atom stereocenters. The van der Waals surface area contributed by atoms with Crippen LogP contribution in [0.5, 0.6) is 0 Å². The number of hydrogen-bond donors (Lipinski definition) is 3. The maximum Gasteiger partial charge on any atom is 0.291 e. The number of nitrogens with zero attached hydrogens (tertiary/aromatic N) is 4. The fourth-order valence-electron chi connectivity index (χ4n) is 3.55. The molecule has 1 aromatic carbocycles. The van der Waals surface area contributed by atoms with E-state index in [9.17, 15) is 4.79 Å². The summed E-state index contributed by atoms with van der Waals surface area (Å²) in [4.78, 5) is 20.9. The number of furan rings is 1. The average Bonchev–Trinajstić information content (AvgIpc) is 3.47. The number of rotatable bonds is 7. The number of aromatic nitrogens is 3. The highest BCUT2D eigenvalue weighted by molar-refractivity contribution is 6.02. The lowest BCUT2D eigenvalue weighted by atomic mass is 10.1. The molecule has 3 N–H and O–H groups in total. The molecule has 1 aliphatic heterocycles. The number of guanidine groups is 1. The van der Waals surface area contributed by atoms with E-state index in [1.165, 1.54) is 6.26 Å². The van der Waals surface area contributed by atoms with E-state index in [4.69, 9.17) is 9.15 Å². The van der Waals surface area contributed by atoms with Crippen LogP contribution in [-0.2, 0) is 30.9 Å². The lowest BCUT2D eigenvalue weighted by Crippen LogP contribution is -2.46. The molecule has 0 saturated heterocycles. The number of anilines is 1. The van der Waals surface area contributed by atoms with Gasteiger partial charge < -0.3 is 25.1 Å². The van der Waals surface area contributed by atoms with Crippen molar-refractivity contribution in [1.82, 2.24) is 25.4 Å². The van der Waals surface area contributed by atoms with Crippen molar-refractivity contribution in [2.45, 2.75) is 38.6 Å². The van der Waals surface area contributed by atoms with Gasteiger partial charge in [-0.05, 0) is 36.2 Å². The summed E-state index contributed by atoms with van der Waals surface area (Å²) in [6, 6.07) is 11.2. The third-order valence-electron chi connectivity index (χ3n) is 5.16. The van der Waals surface area contributed by atoms with Crippen LogP contribution in [0.2, 0.25) is 0 Å². The van der Waals surface area contributed by atoms with Crippen LogP contribution in [0.15, 0.2) is 52.1 Å². The van der Waals surface area contributed by atoms with Crippen molar-refractivity contribution in [2.24, 2.45) is 4.99 Å². The first-order valence-corrected chi connectivity index (χ1v) is 10.5. The molecule has 10 heteroatoms. The Bertz CT molecular complexity index is 1060. The number of amides is 1. The Kier molecular flexibility index (Phi) is 6.81. The predicted molar refractivity (Wildman–Crippen MR) is 119 cm³/mol. The van der Waals surface area contributed by atoms with E-state index in [2.05, 4.69) is 31.0 Å². The van der Waals surface area contributed by atoms with Crippen LogP contribution in [0, 0.1) is 0 Å². The van der Waals surface area contributed by atoms with Crippen LogP contribution in [0.3, 0.4) is 0 Å². The van der Waals surface area contributed by atoms with Gasteiger partial charge in [0.2, 0.25) is 0 Å². The minimum absolute atomic E-state index is 0.213. The van der Waals surface area contributed by atoms with Gasteiger partial charge in [0.05, 0.1) is 12.8 Å². The van der Waals surface area contributed by atoms with Gasteiger partial charge in [0.15, 0.2) is 17.5 Å². The molecule has 0 bridgehead atoms. The van der Waals surface area contributed by atoms with E-state index < -0.39 is 0 Å². The first-order valence-electron chi connectivity index (χ1n) is 10.5. The molecule has 1 amide bonds. The molecule has 2 aromatic heterocycles. The highest BCUT2D eigenvalue weighted by atomic mass is 16.5. The van der Waals surface area contributed by atoms with Gasteiger partial charge in [0.25, 0.3) is 5.91 Å². The number of benzene rings is 1. The molecule has 3 aromatic rings. The average molecular weight is 438 g/mol. The number of ether oxygens (including phenoxy) is 1. The van der Waals surface area contributed by atoms with E-state index in [0.29, 0.717) is 18.8 Å². The summed E-state index contributed by atoms with van der Waals surface area (Å²) in [5.74, 6) is 2.45. The number of carbonyl (C=O) groups is 1. The maximum absolute atomic E-state index is 12.1. The van der Waals surface area contributed by atoms with Crippen molar-refractivity contribution < 1.29 is 13.9 Å². The normalized spacial score (nSPS) is 15.8. The van der Waals surface area contributed by atoms with Crippen LogP contribution in [-0.4, -0.2) is 46.8 Å². The van der Waals surface area contributed by atoms with Crippen LogP contribution >= 0.6 is 0 Å². The van der Waals surface area contributed by atoms with Gasteiger partial charge in [0.1, 0.15) is 12.4 Å². The van der Waals surface area contributed by atoms with Crippen molar-refractivity contribution in [3.8, 4) is 0 Å². The Balaban J connectivity index is 1.26. The number of nitrogens with one attached hydrogen (secondary N) is 3. The van der Waals surface area contributed by atoms with Gasteiger partial charge in [-0.2, -0.15) is 5.10 Å². The zero-order valence-corrected chi connectivity index (χ0v) is 18.2. The first-order chi connectivity index (χ1) is 15.6. The van der Waals surface area contributed by atoms with Crippen molar-refractivity contribution in [3.63, 3.8) is 0 Å². The Morgan fingerprint density at radius 1 is 1.31 bits per heavy atom. The zero-order chi connectivity index (χ0) is 22.3. The second-order valence-electron chi connectivity index (χ2n) is 7.49. The number of hydrogen-bond acceptors (Lipinski definition) is 6. The highest BCUT2D eigenvalue weighted by Gasteiger charge is 2.22. The van der Waals surface area contributed by atoms with E-state index in [0.717, 1.165) is 42.6 Å². The van der Waals surface area contributed by atoms with E-state index in [1.54, 1.807) is 26.3 Å². The second-order valence-corrected chi connectivity index (χ2v) is 7.49. The molecule has 168 valence electrons. The summed E-state index contributed by atoms with van der Waals surface area (Å²) in [6.07, 6.45) is 3.29. The third kappa shape index (κ3) is 5.33. The molecular formula is C22H27N7O3. The molecule has 1 unspecified atom stereocenters. The molecule has 0 radical (unpaired) electrons. The first kappa shape index (κ1) is 21.6. The fourth-order valence-corrected chi connectivity index (χ4v) is 3.55. The summed E-state index contributed by atoms with van der Waals surface area (Å²) in [6.45, 7) is 1.76. The number of aryl methyl sites for hydroxylation is 1. The van der Waals surface area contributed by atoms with Crippen LogP contribution in [0.1, 0.15) is 34.2 Å². The highest BCUT2D eigenvalue weighted by Crippen LogP contribution is 2.14. The molecule has 1 aliphatic rings. The van der Waals surface area contributed by atoms with Crippen molar-refractivity contribution >= 4 is 17.6 Å². The van der Waals surface area contributed by atoms with Crippen molar-refractivity contribution in [1.29, 1.82) is 0 Å². The molecule has 32 heavy (non-hydrogen) atoms. The summed E-state index contributed by atoms with van der Waals surface area (Å²) in [5, 5.41) is 14.1. The van der Waals surface area contributed by atoms with Gasteiger partial charge in [-0.3, -0.25) is 9.79 Å². The van der Waals surface area contributed by atoms with E-state index in [1.807, 2.05) is 28.9 Å². The van der Waals surface area contributed by atoms with Crippen molar-refractivity contribution in [3.05, 3.63) is 65.6 Å². The SMILES string of the molecule is CN=C(NCc1ccc(NC(=O)c2ccco2)cc1)NC1CCc2nc(COC)nn2C1. The molecule has 0 fully saturated rings. The number of carbonyl (C=O) groups excluding carboxylic acids is 1. The summed E-state index contributed by atoms with van der Waals surface area (Å²) < 4.78 is 12.2. The van der Waals surface area contributed by atoms with Gasteiger partial charge in [-0.15, -0.1) is 0 Å². The zero-order valence-electron chi connectivity index (χ0n) is 18.2. The number of fused-ring (bicyclic) bond motifs is 1. The summed E-state index contributed by atoms with van der Waals surface area (Å²) >= 11 is 0.